The summed E-state index contributed by atoms with van der Waals surface area (Å²) in [5.41, 5.74) is 0. The maximum Gasteiger partial charge on any atom is 0.169 e. The molecule has 80 valence electrons. The van der Waals surface area contributed by atoms with Crippen molar-refractivity contribution in [2.45, 2.75) is 32.3 Å². The number of nitrogens with one attached hydrogen (secondary N) is 1. The zero-order chi connectivity index (χ0) is 10.3. The first-order valence-electron chi connectivity index (χ1n) is 4.47. The third-order valence-corrected chi connectivity index (χ3v) is 2.21. The Balaban J connectivity index is 3.61. The first kappa shape index (κ1) is 12.8. The van der Waals surface area contributed by atoms with E-state index in [1.807, 2.05) is 6.92 Å². The molecule has 0 aromatic carbocycles. The van der Waals surface area contributed by atoms with Gasteiger partial charge in [-0.3, -0.25) is 0 Å². The highest BCUT2D eigenvalue weighted by Crippen LogP contribution is 1.97. The molecule has 0 saturated carbocycles. The summed E-state index contributed by atoms with van der Waals surface area (Å²) in [6, 6.07) is 0.290. The Bertz CT molecular complexity index is 117. The summed E-state index contributed by atoms with van der Waals surface area (Å²) in [5, 5.41) is 3.26. The van der Waals surface area contributed by atoms with Crippen molar-refractivity contribution in [1.29, 1.82) is 0 Å². The standard InChI is InChI=1S/C9H21NO3/c1-7(8(2)11-3)10-6-9(12-4)13-5/h7-10H,6H2,1-5H3. The normalized spacial score (nSPS) is 16.2. The summed E-state index contributed by atoms with van der Waals surface area (Å²) in [6.07, 6.45) is 0.000804. The monoisotopic (exact) mass is 191 g/mol. The molecule has 0 fully saturated rings. The van der Waals surface area contributed by atoms with Crippen LogP contribution in [0.4, 0.5) is 0 Å². The molecule has 0 aliphatic carbocycles. The summed E-state index contributed by atoms with van der Waals surface area (Å²) < 4.78 is 15.2. The van der Waals surface area contributed by atoms with Gasteiger partial charge in [0.25, 0.3) is 0 Å². The van der Waals surface area contributed by atoms with Crippen LogP contribution in [-0.2, 0) is 14.2 Å². The average molecular weight is 191 g/mol. The van der Waals surface area contributed by atoms with Crippen LogP contribution in [0.2, 0.25) is 0 Å². The molecule has 0 radical (unpaired) electrons. The summed E-state index contributed by atoms with van der Waals surface area (Å²) in [6.45, 7) is 4.75. The lowest BCUT2D eigenvalue weighted by Crippen LogP contribution is -2.41. The van der Waals surface area contributed by atoms with Crippen LogP contribution in [0, 0.1) is 0 Å². The van der Waals surface area contributed by atoms with Gasteiger partial charge in [-0.25, -0.2) is 0 Å². The van der Waals surface area contributed by atoms with Crippen LogP contribution < -0.4 is 5.32 Å². The van der Waals surface area contributed by atoms with Crippen molar-refractivity contribution in [3.05, 3.63) is 0 Å². The largest absolute Gasteiger partial charge is 0.380 e. The highest BCUT2D eigenvalue weighted by atomic mass is 16.7. The maximum absolute atomic E-state index is 5.17. The van der Waals surface area contributed by atoms with E-state index < -0.39 is 0 Å². The second kappa shape index (κ2) is 7.26. The van der Waals surface area contributed by atoms with Gasteiger partial charge in [0, 0.05) is 33.9 Å². The maximum atomic E-state index is 5.17. The van der Waals surface area contributed by atoms with Gasteiger partial charge in [-0.05, 0) is 13.8 Å². The molecule has 0 amide bonds. The first-order chi connectivity index (χ1) is 6.15. The van der Waals surface area contributed by atoms with Crippen LogP contribution in [0.25, 0.3) is 0 Å². The highest BCUT2D eigenvalue weighted by molar-refractivity contribution is 4.68. The van der Waals surface area contributed by atoms with Crippen molar-refractivity contribution >= 4 is 0 Å². The minimum absolute atomic E-state index is 0.188. The van der Waals surface area contributed by atoms with Crippen LogP contribution in [-0.4, -0.2) is 46.3 Å². The van der Waals surface area contributed by atoms with Crippen molar-refractivity contribution in [1.82, 2.24) is 5.32 Å². The molecule has 0 heterocycles. The van der Waals surface area contributed by atoms with Crippen molar-refractivity contribution in [2.75, 3.05) is 27.9 Å². The third-order valence-electron chi connectivity index (χ3n) is 2.21. The first-order valence-corrected chi connectivity index (χ1v) is 4.47. The number of hydrogen-bond donors (Lipinski definition) is 1. The third kappa shape index (κ3) is 5.21. The average Bonchev–Trinajstić information content (AvgIpc) is 2.17. The van der Waals surface area contributed by atoms with Gasteiger partial charge in [0.15, 0.2) is 6.29 Å². The molecule has 0 aliphatic rings. The van der Waals surface area contributed by atoms with E-state index in [-0.39, 0.29) is 18.4 Å². The molecule has 2 unspecified atom stereocenters. The molecule has 0 aromatic heterocycles. The Morgan fingerprint density at radius 1 is 1.00 bits per heavy atom. The number of methoxy groups -OCH3 is 3. The molecule has 0 saturated heterocycles. The topological polar surface area (TPSA) is 39.7 Å². The Hall–Kier alpha value is -0.160. The molecular weight excluding hydrogens is 170 g/mol. The zero-order valence-corrected chi connectivity index (χ0v) is 9.16. The Morgan fingerprint density at radius 2 is 1.54 bits per heavy atom. The fourth-order valence-corrected chi connectivity index (χ4v) is 0.915. The molecule has 0 aliphatic heterocycles. The summed E-state index contributed by atoms with van der Waals surface area (Å²) in [7, 11) is 4.95. The Kier molecular flexibility index (Phi) is 7.17. The molecule has 0 aromatic rings. The number of rotatable bonds is 7. The SMILES string of the molecule is COC(CNC(C)C(C)OC)OC. The van der Waals surface area contributed by atoms with Gasteiger partial charge in [0.1, 0.15) is 0 Å². The molecule has 4 nitrogen and oxygen atoms in total. The van der Waals surface area contributed by atoms with Crippen molar-refractivity contribution in [3.63, 3.8) is 0 Å². The van der Waals surface area contributed by atoms with Crippen LogP contribution in [0.15, 0.2) is 0 Å². The lowest BCUT2D eigenvalue weighted by molar-refractivity contribution is -0.101. The van der Waals surface area contributed by atoms with Gasteiger partial charge in [-0.2, -0.15) is 0 Å². The van der Waals surface area contributed by atoms with Gasteiger partial charge < -0.3 is 19.5 Å². The summed E-state index contributed by atoms with van der Waals surface area (Å²) >= 11 is 0. The van der Waals surface area contributed by atoms with Crippen molar-refractivity contribution in [3.8, 4) is 0 Å². The molecule has 13 heavy (non-hydrogen) atoms. The second-order valence-corrected chi connectivity index (χ2v) is 3.04. The van der Waals surface area contributed by atoms with Gasteiger partial charge in [-0.15, -0.1) is 0 Å². The predicted octanol–water partition coefficient (Wildman–Crippen LogP) is 0.618. The molecule has 1 N–H and O–H groups in total. The number of ether oxygens (including phenoxy) is 3. The van der Waals surface area contributed by atoms with Crippen LogP contribution in [0.1, 0.15) is 13.8 Å². The molecule has 2 atom stereocenters. The minimum Gasteiger partial charge on any atom is -0.380 e. The van der Waals surface area contributed by atoms with Crippen LogP contribution in [0.3, 0.4) is 0 Å². The Morgan fingerprint density at radius 3 is 1.92 bits per heavy atom. The van der Waals surface area contributed by atoms with E-state index in [2.05, 4.69) is 12.2 Å². The van der Waals surface area contributed by atoms with E-state index in [9.17, 15) is 0 Å². The second-order valence-electron chi connectivity index (χ2n) is 3.04. The minimum atomic E-state index is -0.188. The van der Waals surface area contributed by atoms with E-state index >= 15 is 0 Å². The lowest BCUT2D eigenvalue weighted by atomic mass is 10.2. The quantitative estimate of drug-likeness (QED) is 0.599. The van der Waals surface area contributed by atoms with E-state index in [0.717, 1.165) is 0 Å². The van der Waals surface area contributed by atoms with Crippen LogP contribution >= 0.6 is 0 Å². The highest BCUT2D eigenvalue weighted by Gasteiger charge is 2.12. The van der Waals surface area contributed by atoms with Gasteiger partial charge in [0.05, 0.1) is 6.10 Å². The zero-order valence-electron chi connectivity index (χ0n) is 9.16. The van der Waals surface area contributed by atoms with Crippen molar-refractivity contribution < 1.29 is 14.2 Å². The van der Waals surface area contributed by atoms with Crippen LogP contribution in [0.5, 0.6) is 0 Å². The summed E-state index contributed by atoms with van der Waals surface area (Å²) in [5.74, 6) is 0. The molecule has 0 spiro atoms. The van der Waals surface area contributed by atoms with Gasteiger partial charge >= 0.3 is 0 Å². The predicted molar refractivity (Wildman–Crippen MR) is 51.7 cm³/mol. The molecule has 4 heteroatoms. The summed E-state index contributed by atoms with van der Waals surface area (Å²) in [4.78, 5) is 0. The fraction of sp³-hybridized carbons (Fsp3) is 1.00. The fourth-order valence-electron chi connectivity index (χ4n) is 0.915. The smallest absolute Gasteiger partial charge is 0.169 e. The van der Waals surface area contributed by atoms with Gasteiger partial charge in [-0.1, -0.05) is 0 Å². The molecule has 0 bridgehead atoms. The Labute approximate surface area is 80.5 Å². The molecule has 0 rings (SSSR count). The van der Waals surface area contributed by atoms with E-state index in [1.165, 1.54) is 0 Å². The molecular formula is C9H21NO3. The number of hydrogen-bond acceptors (Lipinski definition) is 4. The lowest BCUT2D eigenvalue weighted by Gasteiger charge is -2.22. The van der Waals surface area contributed by atoms with E-state index in [4.69, 9.17) is 14.2 Å². The van der Waals surface area contributed by atoms with E-state index in [1.54, 1.807) is 21.3 Å². The van der Waals surface area contributed by atoms with E-state index in [0.29, 0.717) is 6.54 Å². The van der Waals surface area contributed by atoms with Gasteiger partial charge in [0.2, 0.25) is 0 Å². The van der Waals surface area contributed by atoms with Crippen molar-refractivity contribution in [2.24, 2.45) is 0 Å².